The molecule has 1 aromatic carbocycles. The van der Waals surface area contributed by atoms with Crippen molar-refractivity contribution in [3.63, 3.8) is 0 Å². The van der Waals surface area contributed by atoms with Gasteiger partial charge in [-0.05, 0) is 29.7 Å². The lowest BCUT2D eigenvalue weighted by atomic mass is 10.0. The molecule has 96 valence electrons. The molecule has 0 saturated heterocycles. The predicted octanol–water partition coefficient (Wildman–Crippen LogP) is 3.48. The van der Waals surface area contributed by atoms with Crippen LogP contribution in [-0.2, 0) is 0 Å². The van der Waals surface area contributed by atoms with Gasteiger partial charge in [0, 0.05) is 6.54 Å². The van der Waals surface area contributed by atoms with Gasteiger partial charge in [-0.3, -0.25) is 0 Å². The van der Waals surface area contributed by atoms with Crippen LogP contribution in [0.3, 0.4) is 0 Å². The maximum absolute atomic E-state index is 5.98. The minimum absolute atomic E-state index is 0.236. The van der Waals surface area contributed by atoms with Crippen LogP contribution in [0.4, 0.5) is 0 Å². The van der Waals surface area contributed by atoms with Crippen LogP contribution in [0.5, 0.6) is 5.75 Å². The summed E-state index contributed by atoms with van der Waals surface area (Å²) in [7, 11) is 0. The largest absolute Gasteiger partial charge is 0.481 e. The van der Waals surface area contributed by atoms with Crippen molar-refractivity contribution in [2.24, 2.45) is 5.73 Å². The summed E-state index contributed by atoms with van der Waals surface area (Å²) in [5.41, 5.74) is 6.94. The average molecular weight is 245 g/mol. The van der Waals surface area contributed by atoms with Crippen LogP contribution in [-0.4, -0.2) is 6.54 Å². The normalized spacial score (nSPS) is 12.7. The van der Waals surface area contributed by atoms with Crippen LogP contribution in [0.15, 0.2) is 47.1 Å². The Morgan fingerprint density at radius 1 is 1.17 bits per heavy atom. The number of ether oxygens (including phenoxy) is 1. The van der Waals surface area contributed by atoms with Gasteiger partial charge in [-0.25, -0.2) is 0 Å². The molecule has 2 aromatic rings. The second-order valence-electron chi connectivity index (χ2n) is 4.55. The summed E-state index contributed by atoms with van der Waals surface area (Å²) in [6.07, 6.45) is 1.40. The molecule has 0 amide bonds. The van der Waals surface area contributed by atoms with E-state index in [1.165, 1.54) is 5.56 Å². The van der Waals surface area contributed by atoms with Crippen molar-refractivity contribution in [1.29, 1.82) is 0 Å². The first kappa shape index (κ1) is 12.7. The fourth-order valence-corrected chi connectivity index (χ4v) is 1.91. The van der Waals surface area contributed by atoms with Crippen molar-refractivity contribution >= 4 is 0 Å². The van der Waals surface area contributed by atoms with E-state index in [-0.39, 0.29) is 6.10 Å². The van der Waals surface area contributed by atoms with Gasteiger partial charge in [0.15, 0.2) is 6.10 Å². The lowest BCUT2D eigenvalue weighted by Crippen LogP contribution is -2.18. The molecule has 0 radical (unpaired) electrons. The molecule has 0 bridgehead atoms. The van der Waals surface area contributed by atoms with Crippen molar-refractivity contribution in [3.8, 4) is 5.75 Å². The van der Waals surface area contributed by atoms with Crippen molar-refractivity contribution in [3.05, 3.63) is 54.0 Å². The summed E-state index contributed by atoms with van der Waals surface area (Å²) in [4.78, 5) is 0. The van der Waals surface area contributed by atoms with Crippen molar-refractivity contribution in [2.75, 3.05) is 6.54 Å². The van der Waals surface area contributed by atoms with Crippen LogP contribution < -0.4 is 10.5 Å². The molecule has 0 aliphatic carbocycles. The van der Waals surface area contributed by atoms with E-state index in [1.807, 2.05) is 30.3 Å². The van der Waals surface area contributed by atoms with Gasteiger partial charge in [-0.1, -0.05) is 32.0 Å². The van der Waals surface area contributed by atoms with Crippen LogP contribution in [0.25, 0.3) is 0 Å². The molecule has 18 heavy (non-hydrogen) atoms. The third-order valence-corrected chi connectivity index (χ3v) is 2.88. The molecule has 3 nitrogen and oxygen atoms in total. The Kier molecular flexibility index (Phi) is 4.05. The van der Waals surface area contributed by atoms with Crippen molar-refractivity contribution < 1.29 is 9.15 Å². The summed E-state index contributed by atoms with van der Waals surface area (Å²) in [5.74, 6) is 2.05. The quantitative estimate of drug-likeness (QED) is 0.877. The third-order valence-electron chi connectivity index (χ3n) is 2.88. The predicted molar refractivity (Wildman–Crippen MR) is 71.7 cm³/mol. The number of benzene rings is 1. The van der Waals surface area contributed by atoms with E-state index < -0.39 is 0 Å². The number of hydrogen-bond acceptors (Lipinski definition) is 3. The summed E-state index contributed by atoms with van der Waals surface area (Å²) < 4.78 is 11.3. The summed E-state index contributed by atoms with van der Waals surface area (Å²) in [6, 6.07) is 11.8. The maximum atomic E-state index is 5.98. The highest BCUT2D eigenvalue weighted by Gasteiger charge is 2.16. The van der Waals surface area contributed by atoms with Gasteiger partial charge in [0.05, 0.1) is 6.26 Å². The smallest absolute Gasteiger partial charge is 0.168 e. The molecule has 1 unspecified atom stereocenters. The lowest BCUT2D eigenvalue weighted by molar-refractivity contribution is 0.182. The van der Waals surface area contributed by atoms with Gasteiger partial charge < -0.3 is 14.9 Å². The molecule has 0 saturated carbocycles. The Hall–Kier alpha value is -1.74. The molecule has 1 heterocycles. The Morgan fingerprint density at radius 2 is 1.94 bits per heavy atom. The zero-order chi connectivity index (χ0) is 13.0. The van der Waals surface area contributed by atoms with E-state index in [0.717, 1.165) is 11.5 Å². The van der Waals surface area contributed by atoms with Gasteiger partial charge >= 0.3 is 0 Å². The van der Waals surface area contributed by atoms with Gasteiger partial charge in [-0.2, -0.15) is 0 Å². The zero-order valence-electron chi connectivity index (χ0n) is 10.8. The topological polar surface area (TPSA) is 48.4 Å². The van der Waals surface area contributed by atoms with Crippen LogP contribution in [0.1, 0.15) is 37.2 Å². The van der Waals surface area contributed by atoms with Crippen LogP contribution >= 0.6 is 0 Å². The Balaban J connectivity index is 2.22. The number of hydrogen-bond donors (Lipinski definition) is 1. The minimum Gasteiger partial charge on any atom is -0.481 e. The average Bonchev–Trinajstić information content (AvgIpc) is 2.90. The highest BCUT2D eigenvalue weighted by Crippen LogP contribution is 2.29. The van der Waals surface area contributed by atoms with Gasteiger partial charge in [0.2, 0.25) is 0 Å². The highest BCUT2D eigenvalue weighted by atomic mass is 16.5. The summed E-state index contributed by atoms with van der Waals surface area (Å²) >= 11 is 0. The van der Waals surface area contributed by atoms with Crippen LogP contribution in [0.2, 0.25) is 0 Å². The molecular weight excluding hydrogens is 226 g/mol. The van der Waals surface area contributed by atoms with E-state index in [2.05, 4.69) is 19.9 Å². The number of nitrogens with two attached hydrogens (primary N) is 1. The monoisotopic (exact) mass is 245 g/mol. The molecule has 0 spiro atoms. The minimum atomic E-state index is -0.236. The lowest BCUT2D eigenvalue weighted by Gasteiger charge is -2.19. The molecule has 1 atom stereocenters. The van der Waals surface area contributed by atoms with Crippen molar-refractivity contribution in [2.45, 2.75) is 25.9 Å². The fraction of sp³-hybridized carbons (Fsp3) is 0.333. The highest BCUT2D eigenvalue weighted by molar-refractivity contribution is 5.36. The number of para-hydroxylation sites is 1. The first-order valence-electron chi connectivity index (χ1n) is 6.21. The Bertz CT molecular complexity index is 477. The van der Waals surface area contributed by atoms with Crippen LogP contribution in [0, 0.1) is 0 Å². The third kappa shape index (κ3) is 2.74. The van der Waals surface area contributed by atoms with E-state index in [1.54, 1.807) is 6.26 Å². The standard InChI is InChI=1S/C15H19NO2/c1-11(2)12-6-3-4-7-13(12)18-15(10-16)14-8-5-9-17-14/h3-9,11,15H,10,16H2,1-2H3. The molecule has 0 aliphatic heterocycles. The SMILES string of the molecule is CC(C)c1ccccc1OC(CN)c1ccco1. The molecule has 2 N–H and O–H groups in total. The van der Waals surface area contributed by atoms with E-state index >= 15 is 0 Å². The molecule has 0 fully saturated rings. The summed E-state index contributed by atoms with van der Waals surface area (Å²) in [5, 5.41) is 0. The van der Waals surface area contributed by atoms with E-state index in [4.69, 9.17) is 14.9 Å². The molecule has 1 aromatic heterocycles. The molecule has 0 aliphatic rings. The fourth-order valence-electron chi connectivity index (χ4n) is 1.91. The molecule has 2 rings (SSSR count). The first-order chi connectivity index (χ1) is 8.72. The first-order valence-corrected chi connectivity index (χ1v) is 6.21. The Labute approximate surface area is 108 Å². The molecule has 3 heteroatoms. The zero-order valence-corrected chi connectivity index (χ0v) is 10.8. The number of rotatable bonds is 5. The van der Waals surface area contributed by atoms with Gasteiger partial charge in [-0.15, -0.1) is 0 Å². The molecular formula is C15H19NO2. The number of furan rings is 1. The second kappa shape index (κ2) is 5.74. The second-order valence-corrected chi connectivity index (χ2v) is 4.55. The summed E-state index contributed by atoms with van der Waals surface area (Å²) in [6.45, 7) is 4.68. The van der Waals surface area contributed by atoms with Gasteiger partial charge in [0.25, 0.3) is 0 Å². The van der Waals surface area contributed by atoms with Gasteiger partial charge in [0.1, 0.15) is 11.5 Å². The van der Waals surface area contributed by atoms with Crippen molar-refractivity contribution in [1.82, 2.24) is 0 Å². The van der Waals surface area contributed by atoms with E-state index in [0.29, 0.717) is 12.5 Å². The maximum Gasteiger partial charge on any atom is 0.168 e. The van der Waals surface area contributed by atoms with E-state index in [9.17, 15) is 0 Å². The Morgan fingerprint density at radius 3 is 2.56 bits per heavy atom.